The van der Waals surface area contributed by atoms with Crippen LogP contribution in [-0.4, -0.2) is 36.1 Å². The lowest BCUT2D eigenvalue weighted by atomic mass is 10.1. The third-order valence-corrected chi connectivity index (χ3v) is 2.58. The number of amides is 1. The van der Waals surface area contributed by atoms with E-state index >= 15 is 0 Å². The van der Waals surface area contributed by atoms with Gasteiger partial charge in [0.05, 0.1) is 12.2 Å². The molecule has 0 fully saturated rings. The second-order valence-corrected chi connectivity index (χ2v) is 4.19. The summed E-state index contributed by atoms with van der Waals surface area (Å²) in [5.74, 6) is 4.84. The van der Waals surface area contributed by atoms with Gasteiger partial charge in [0.15, 0.2) is 0 Å². The number of hydrogen-bond donors (Lipinski definition) is 1. The van der Waals surface area contributed by atoms with Crippen LogP contribution in [0.4, 0.5) is 4.39 Å². The van der Waals surface area contributed by atoms with Crippen molar-refractivity contribution >= 4 is 5.91 Å². The molecule has 0 saturated carbocycles. The lowest BCUT2D eigenvalue weighted by Crippen LogP contribution is -2.28. The fourth-order valence-corrected chi connectivity index (χ4v) is 1.66. The maximum Gasteiger partial charge on any atom is 0.254 e. The van der Waals surface area contributed by atoms with Crippen LogP contribution >= 0.6 is 0 Å². The van der Waals surface area contributed by atoms with E-state index in [1.165, 1.54) is 18.2 Å². The van der Waals surface area contributed by atoms with Crippen LogP contribution in [0.2, 0.25) is 0 Å². The Morgan fingerprint density at radius 2 is 2.21 bits per heavy atom. The number of aliphatic hydroxyl groups is 1. The van der Waals surface area contributed by atoms with E-state index in [2.05, 4.69) is 11.8 Å². The van der Waals surface area contributed by atoms with Crippen molar-refractivity contribution in [1.29, 1.82) is 0 Å². The van der Waals surface area contributed by atoms with E-state index in [9.17, 15) is 9.18 Å². The molecule has 0 unspecified atom stereocenters. The first-order valence-corrected chi connectivity index (χ1v) is 6.25. The van der Waals surface area contributed by atoms with Gasteiger partial charge in [-0.25, -0.2) is 4.39 Å². The van der Waals surface area contributed by atoms with Crippen molar-refractivity contribution in [3.8, 4) is 11.8 Å². The second-order valence-electron chi connectivity index (χ2n) is 4.19. The monoisotopic (exact) mass is 263 g/mol. The van der Waals surface area contributed by atoms with E-state index in [0.717, 1.165) is 6.42 Å². The van der Waals surface area contributed by atoms with Crippen LogP contribution in [0, 0.1) is 17.7 Å². The lowest BCUT2D eigenvalue weighted by Gasteiger charge is -2.17. The number of halogens is 1. The van der Waals surface area contributed by atoms with Gasteiger partial charge in [0.25, 0.3) is 5.91 Å². The molecule has 102 valence electrons. The van der Waals surface area contributed by atoms with Crippen LogP contribution < -0.4 is 0 Å². The van der Waals surface area contributed by atoms with Crippen LogP contribution in [0.3, 0.4) is 0 Å². The summed E-state index contributed by atoms with van der Waals surface area (Å²) in [6.07, 6.45) is 1.17. The number of carbonyl (C=O) groups excluding carboxylic acids is 1. The Hall–Kier alpha value is -1.86. The van der Waals surface area contributed by atoms with E-state index in [-0.39, 0.29) is 18.1 Å². The average molecular weight is 263 g/mol. The molecular formula is C15H18FNO2. The molecule has 1 aromatic carbocycles. The predicted octanol–water partition coefficient (Wildman–Crippen LogP) is 2.04. The molecule has 0 saturated heterocycles. The quantitative estimate of drug-likeness (QED) is 0.845. The van der Waals surface area contributed by atoms with Gasteiger partial charge < -0.3 is 10.0 Å². The van der Waals surface area contributed by atoms with Crippen LogP contribution in [0.5, 0.6) is 0 Å². The summed E-state index contributed by atoms with van der Waals surface area (Å²) in [5.41, 5.74) is 0.754. The maximum atomic E-state index is 13.3. The van der Waals surface area contributed by atoms with Crippen molar-refractivity contribution in [3.63, 3.8) is 0 Å². The number of nitrogens with zero attached hydrogens (tertiary/aromatic N) is 1. The van der Waals surface area contributed by atoms with Gasteiger partial charge in [-0.2, -0.15) is 0 Å². The van der Waals surface area contributed by atoms with Gasteiger partial charge in [0, 0.05) is 25.6 Å². The van der Waals surface area contributed by atoms with Gasteiger partial charge >= 0.3 is 0 Å². The topological polar surface area (TPSA) is 40.5 Å². The molecule has 0 aliphatic heterocycles. The molecule has 0 aromatic heterocycles. The number of benzene rings is 1. The fourth-order valence-electron chi connectivity index (χ4n) is 1.66. The van der Waals surface area contributed by atoms with Gasteiger partial charge in [-0.05, 0) is 24.6 Å². The zero-order valence-electron chi connectivity index (χ0n) is 11.2. The molecule has 0 aliphatic rings. The second kappa shape index (κ2) is 7.55. The molecular weight excluding hydrogens is 245 g/mol. The zero-order valence-corrected chi connectivity index (χ0v) is 11.2. The summed E-state index contributed by atoms with van der Waals surface area (Å²) in [6.45, 7) is 2.55. The number of rotatable bonds is 4. The third-order valence-electron chi connectivity index (χ3n) is 2.58. The Balaban J connectivity index is 3.07. The van der Waals surface area contributed by atoms with Crippen LogP contribution in [0.1, 0.15) is 35.7 Å². The summed E-state index contributed by atoms with van der Waals surface area (Å²) in [5, 5.41) is 8.69. The molecule has 1 rings (SSSR count). The molecule has 1 aromatic rings. The first-order valence-electron chi connectivity index (χ1n) is 6.25. The third kappa shape index (κ3) is 4.38. The average Bonchev–Trinajstić information content (AvgIpc) is 2.40. The highest BCUT2D eigenvalue weighted by atomic mass is 19.1. The highest BCUT2D eigenvalue weighted by Gasteiger charge is 2.15. The number of aliphatic hydroxyl groups excluding tert-OH is 1. The van der Waals surface area contributed by atoms with Gasteiger partial charge in [-0.15, -0.1) is 0 Å². The standard InChI is InChI=1S/C15H18FNO2/c1-3-9-17(2)15(19)14-11-13(16)8-7-12(14)6-4-5-10-18/h7-8,11,18H,3,5,9-10H2,1-2H3. The van der Waals surface area contributed by atoms with Gasteiger partial charge in [-0.1, -0.05) is 18.8 Å². The smallest absolute Gasteiger partial charge is 0.254 e. The normalized spacial score (nSPS) is 9.68. The number of carbonyl (C=O) groups is 1. The van der Waals surface area contributed by atoms with Crippen molar-refractivity contribution in [2.24, 2.45) is 0 Å². The Morgan fingerprint density at radius 1 is 1.47 bits per heavy atom. The Labute approximate surface area is 113 Å². The van der Waals surface area contributed by atoms with Crippen molar-refractivity contribution < 1.29 is 14.3 Å². The predicted molar refractivity (Wildman–Crippen MR) is 72.2 cm³/mol. The van der Waals surface area contributed by atoms with E-state index in [0.29, 0.717) is 18.5 Å². The SMILES string of the molecule is CCCN(C)C(=O)c1cc(F)ccc1C#CCCO. The van der Waals surface area contributed by atoms with Crippen LogP contribution in [-0.2, 0) is 0 Å². The summed E-state index contributed by atoms with van der Waals surface area (Å²) in [6, 6.07) is 3.98. The minimum Gasteiger partial charge on any atom is -0.395 e. The Kier molecular flexibility index (Phi) is 6.04. The molecule has 4 heteroatoms. The minimum atomic E-state index is -0.457. The van der Waals surface area contributed by atoms with Crippen molar-refractivity contribution in [2.75, 3.05) is 20.2 Å². The largest absolute Gasteiger partial charge is 0.395 e. The minimum absolute atomic E-state index is 0.0345. The summed E-state index contributed by atoms with van der Waals surface area (Å²) in [7, 11) is 1.68. The van der Waals surface area contributed by atoms with E-state index in [1.54, 1.807) is 11.9 Å². The first kappa shape index (κ1) is 15.2. The molecule has 0 atom stereocenters. The van der Waals surface area contributed by atoms with Crippen molar-refractivity contribution in [2.45, 2.75) is 19.8 Å². The molecule has 0 spiro atoms. The zero-order chi connectivity index (χ0) is 14.3. The molecule has 3 nitrogen and oxygen atoms in total. The van der Waals surface area contributed by atoms with Crippen LogP contribution in [0.25, 0.3) is 0 Å². The lowest BCUT2D eigenvalue weighted by molar-refractivity contribution is 0.0794. The maximum absolute atomic E-state index is 13.3. The Bertz CT molecular complexity index is 503. The van der Waals surface area contributed by atoms with Gasteiger partial charge in [-0.3, -0.25) is 4.79 Å². The highest BCUT2D eigenvalue weighted by molar-refractivity contribution is 5.96. The molecule has 0 aliphatic carbocycles. The fraction of sp³-hybridized carbons (Fsp3) is 0.400. The van der Waals surface area contributed by atoms with Crippen molar-refractivity contribution in [1.82, 2.24) is 4.90 Å². The highest BCUT2D eigenvalue weighted by Crippen LogP contribution is 2.13. The van der Waals surface area contributed by atoms with E-state index in [1.807, 2.05) is 6.92 Å². The molecule has 0 heterocycles. The summed E-state index contributed by atoms with van der Waals surface area (Å²) >= 11 is 0. The molecule has 0 radical (unpaired) electrons. The van der Waals surface area contributed by atoms with E-state index in [4.69, 9.17) is 5.11 Å². The number of hydrogen-bond acceptors (Lipinski definition) is 2. The summed E-state index contributed by atoms with van der Waals surface area (Å²) < 4.78 is 13.3. The van der Waals surface area contributed by atoms with E-state index < -0.39 is 5.82 Å². The summed E-state index contributed by atoms with van der Waals surface area (Å²) in [4.78, 5) is 13.7. The molecule has 19 heavy (non-hydrogen) atoms. The Morgan fingerprint density at radius 3 is 2.84 bits per heavy atom. The van der Waals surface area contributed by atoms with Crippen LogP contribution in [0.15, 0.2) is 18.2 Å². The van der Waals surface area contributed by atoms with Crippen molar-refractivity contribution in [3.05, 3.63) is 35.1 Å². The first-order chi connectivity index (χ1) is 9.10. The molecule has 1 amide bonds. The molecule has 0 bridgehead atoms. The van der Waals surface area contributed by atoms with Gasteiger partial charge in [0.2, 0.25) is 0 Å². The van der Waals surface area contributed by atoms with Gasteiger partial charge in [0.1, 0.15) is 5.82 Å². The molecule has 1 N–H and O–H groups in total.